The predicted octanol–water partition coefficient (Wildman–Crippen LogP) is 0.769. The average molecular weight is 266 g/mol. The zero-order valence-corrected chi connectivity index (χ0v) is 11.4. The Bertz CT molecular complexity index is 438. The summed E-state index contributed by atoms with van der Waals surface area (Å²) in [5, 5.41) is 13.2. The van der Waals surface area contributed by atoms with Gasteiger partial charge < -0.3 is 15.7 Å². The van der Waals surface area contributed by atoms with E-state index in [2.05, 4.69) is 5.10 Å². The molecule has 0 spiro atoms. The maximum Gasteiger partial charge on any atom is 0.259 e. The minimum absolute atomic E-state index is 0.0254. The van der Waals surface area contributed by atoms with Crippen molar-refractivity contribution in [2.45, 2.75) is 38.1 Å². The molecule has 0 atom stereocenters. The number of nitrogens with zero attached hydrogens (tertiary/aromatic N) is 3. The van der Waals surface area contributed by atoms with Crippen molar-refractivity contribution in [3.63, 3.8) is 0 Å². The molecule has 1 amide bonds. The molecule has 0 bridgehead atoms. The third kappa shape index (κ3) is 2.89. The number of hydrogen-bond acceptors (Lipinski definition) is 4. The number of carbonyl (C=O) groups excluding carboxylic acids is 1. The number of nitrogens with two attached hydrogens (primary N) is 1. The minimum atomic E-state index is -0.119. The second-order valence-electron chi connectivity index (χ2n) is 5.08. The van der Waals surface area contributed by atoms with E-state index < -0.39 is 0 Å². The van der Waals surface area contributed by atoms with Gasteiger partial charge in [0.25, 0.3) is 5.91 Å². The molecule has 2 rings (SSSR count). The van der Waals surface area contributed by atoms with Crippen LogP contribution in [0.15, 0.2) is 6.20 Å². The van der Waals surface area contributed by atoms with Crippen LogP contribution in [0, 0.1) is 0 Å². The van der Waals surface area contributed by atoms with Gasteiger partial charge in [0.1, 0.15) is 11.4 Å². The summed E-state index contributed by atoms with van der Waals surface area (Å²) in [4.78, 5) is 14.3. The van der Waals surface area contributed by atoms with E-state index >= 15 is 0 Å². The van der Waals surface area contributed by atoms with Crippen molar-refractivity contribution in [1.29, 1.82) is 0 Å². The monoisotopic (exact) mass is 266 g/mol. The van der Waals surface area contributed by atoms with E-state index in [9.17, 15) is 9.90 Å². The van der Waals surface area contributed by atoms with Crippen molar-refractivity contribution in [2.24, 2.45) is 7.05 Å². The zero-order valence-electron chi connectivity index (χ0n) is 11.4. The molecule has 1 aliphatic rings. The molecule has 6 nitrogen and oxygen atoms in total. The highest BCUT2D eigenvalue weighted by Crippen LogP contribution is 2.24. The van der Waals surface area contributed by atoms with Gasteiger partial charge >= 0.3 is 0 Å². The first kappa shape index (κ1) is 13.9. The van der Waals surface area contributed by atoms with Crippen LogP contribution in [0.5, 0.6) is 0 Å². The Morgan fingerprint density at radius 3 is 2.74 bits per heavy atom. The third-order valence-electron chi connectivity index (χ3n) is 3.83. The van der Waals surface area contributed by atoms with Crippen LogP contribution in [0.1, 0.15) is 42.5 Å². The predicted molar refractivity (Wildman–Crippen MR) is 72.6 cm³/mol. The molecule has 0 radical (unpaired) electrons. The molecule has 6 heteroatoms. The number of aromatic nitrogens is 2. The molecule has 1 heterocycles. The molecule has 0 aromatic carbocycles. The van der Waals surface area contributed by atoms with Gasteiger partial charge in [0.05, 0.1) is 12.8 Å². The number of aryl methyl sites for hydroxylation is 1. The SMILES string of the molecule is Cn1ncc(C(=O)N(CCO)C2CCCCC2)c1N. The van der Waals surface area contributed by atoms with Crippen LogP contribution in [0.4, 0.5) is 5.82 Å². The van der Waals surface area contributed by atoms with Gasteiger partial charge in [-0.2, -0.15) is 5.10 Å². The van der Waals surface area contributed by atoms with E-state index in [1.54, 1.807) is 11.9 Å². The highest BCUT2D eigenvalue weighted by molar-refractivity contribution is 5.98. The van der Waals surface area contributed by atoms with Crippen LogP contribution in [0.25, 0.3) is 0 Å². The van der Waals surface area contributed by atoms with E-state index in [4.69, 9.17) is 5.73 Å². The van der Waals surface area contributed by atoms with Gasteiger partial charge in [-0.15, -0.1) is 0 Å². The van der Waals surface area contributed by atoms with Gasteiger partial charge in [-0.1, -0.05) is 19.3 Å². The number of hydrogen-bond donors (Lipinski definition) is 2. The number of aliphatic hydroxyl groups excluding tert-OH is 1. The Hall–Kier alpha value is -1.56. The lowest BCUT2D eigenvalue weighted by Gasteiger charge is -2.33. The number of carbonyl (C=O) groups is 1. The van der Waals surface area contributed by atoms with Crippen LogP contribution in [-0.2, 0) is 7.05 Å². The van der Waals surface area contributed by atoms with Gasteiger partial charge in [0.2, 0.25) is 0 Å². The lowest BCUT2D eigenvalue weighted by molar-refractivity contribution is 0.0586. The highest BCUT2D eigenvalue weighted by Gasteiger charge is 2.28. The maximum absolute atomic E-state index is 12.5. The number of anilines is 1. The summed E-state index contributed by atoms with van der Waals surface area (Å²) >= 11 is 0. The second kappa shape index (κ2) is 6.06. The number of nitrogen functional groups attached to an aromatic ring is 1. The smallest absolute Gasteiger partial charge is 0.259 e. The fourth-order valence-electron chi connectivity index (χ4n) is 2.72. The Balaban J connectivity index is 2.18. The molecule has 1 saturated carbocycles. The van der Waals surface area contributed by atoms with E-state index in [0.717, 1.165) is 25.7 Å². The second-order valence-corrected chi connectivity index (χ2v) is 5.08. The lowest BCUT2D eigenvalue weighted by atomic mass is 9.94. The van der Waals surface area contributed by atoms with Crippen LogP contribution in [-0.4, -0.2) is 44.9 Å². The topological polar surface area (TPSA) is 84.4 Å². The summed E-state index contributed by atoms with van der Waals surface area (Å²) in [5.41, 5.74) is 6.29. The van der Waals surface area contributed by atoms with E-state index in [1.165, 1.54) is 17.3 Å². The van der Waals surface area contributed by atoms with Crippen LogP contribution in [0.3, 0.4) is 0 Å². The number of aliphatic hydroxyl groups is 1. The molecule has 3 N–H and O–H groups in total. The standard InChI is InChI=1S/C13H22N4O2/c1-16-12(14)11(9-15-16)13(19)17(7-8-18)10-5-3-2-4-6-10/h9-10,18H,2-8,14H2,1H3. The first-order valence-electron chi connectivity index (χ1n) is 6.84. The summed E-state index contributed by atoms with van der Waals surface area (Å²) in [6, 6.07) is 0.216. The van der Waals surface area contributed by atoms with Crippen molar-refractivity contribution in [3.8, 4) is 0 Å². The van der Waals surface area contributed by atoms with E-state index in [1.807, 2.05) is 0 Å². The van der Waals surface area contributed by atoms with Crippen LogP contribution in [0.2, 0.25) is 0 Å². The van der Waals surface area contributed by atoms with Crippen LogP contribution < -0.4 is 5.73 Å². The molecule has 0 saturated heterocycles. The van der Waals surface area contributed by atoms with Crippen molar-refractivity contribution in [2.75, 3.05) is 18.9 Å². The summed E-state index contributed by atoms with van der Waals surface area (Å²) < 4.78 is 1.49. The highest BCUT2D eigenvalue weighted by atomic mass is 16.3. The summed E-state index contributed by atoms with van der Waals surface area (Å²) in [7, 11) is 1.71. The normalized spacial score (nSPS) is 16.5. The molecule has 106 valence electrons. The fraction of sp³-hybridized carbons (Fsp3) is 0.692. The van der Waals surface area contributed by atoms with Gasteiger partial charge in [-0.3, -0.25) is 9.48 Å². The van der Waals surface area contributed by atoms with Crippen molar-refractivity contribution < 1.29 is 9.90 Å². The Kier molecular flexibility index (Phi) is 4.42. The lowest BCUT2D eigenvalue weighted by Crippen LogP contribution is -2.43. The van der Waals surface area contributed by atoms with Gasteiger partial charge in [0, 0.05) is 19.6 Å². The zero-order chi connectivity index (χ0) is 13.8. The van der Waals surface area contributed by atoms with Gasteiger partial charge in [0.15, 0.2) is 0 Å². The Morgan fingerprint density at radius 2 is 2.21 bits per heavy atom. The number of rotatable bonds is 4. The molecule has 19 heavy (non-hydrogen) atoms. The molecular weight excluding hydrogens is 244 g/mol. The third-order valence-corrected chi connectivity index (χ3v) is 3.83. The molecule has 1 aromatic heterocycles. The molecule has 1 fully saturated rings. The molecule has 0 aliphatic heterocycles. The molecule has 0 unspecified atom stereocenters. The fourth-order valence-corrected chi connectivity index (χ4v) is 2.72. The summed E-state index contributed by atoms with van der Waals surface area (Å²) in [6.45, 7) is 0.334. The quantitative estimate of drug-likeness (QED) is 0.843. The average Bonchev–Trinajstić information content (AvgIpc) is 2.77. The van der Waals surface area contributed by atoms with Gasteiger partial charge in [-0.05, 0) is 12.8 Å². The number of amides is 1. The summed E-state index contributed by atoms with van der Waals surface area (Å²) in [6.07, 6.45) is 7.03. The van der Waals surface area contributed by atoms with Crippen molar-refractivity contribution in [3.05, 3.63) is 11.8 Å². The maximum atomic E-state index is 12.5. The molecular formula is C13H22N4O2. The van der Waals surface area contributed by atoms with Crippen molar-refractivity contribution in [1.82, 2.24) is 14.7 Å². The first-order valence-corrected chi connectivity index (χ1v) is 6.84. The van der Waals surface area contributed by atoms with Crippen molar-refractivity contribution >= 4 is 11.7 Å². The largest absolute Gasteiger partial charge is 0.395 e. The first-order chi connectivity index (χ1) is 9.15. The molecule has 1 aromatic rings. The Labute approximate surface area is 113 Å². The Morgan fingerprint density at radius 1 is 1.53 bits per heavy atom. The molecule has 1 aliphatic carbocycles. The minimum Gasteiger partial charge on any atom is -0.395 e. The summed E-state index contributed by atoms with van der Waals surface area (Å²) in [5.74, 6) is 0.260. The van der Waals surface area contributed by atoms with E-state index in [0.29, 0.717) is 17.9 Å². The van der Waals surface area contributed by atoms with Crippen LogP contribution >= 0.6 is 0 Å². The van der Waals surface area contributed by atoms with E-state index in [-0.39, 0.29) is 18.6 Å². The van der Waals surface area contributed by atoms with Gasteiger partial charge in [-0.25, -0.2) is 0 Å².